The van der Waals surface area contributed by atoms with E-state index in [2.05, 4.69) is 15.3 Å². The molecule has 0 bridgehead atoms. The molecule has 0 aromatic carbocycles. The largest absolute Gasteiger partial charge is 0.477 e. The Kier molecular flexibility index (Phi) is 3.84. The van der Waals surface area contributed by atoms with Crippen LogP contribution < -0.4 is 11.1 Å². The number of carboxylic acid groups (broad SMARTS) is 1. The number of aromatic nitrogens is 3. The fraction of sp³-hybridized carbons (Fsp3) is 0.500. The molecule has 8 nitrogen and oxygen atoms in total. The van der Waals surface area contributed by atoms with Gasteiger partial charge < -0.3 is 25.8 Å². The quantitative estimate of drug-likeness (QED) is 0.654. The first kappa shape index (κ1) is 14.6. The predicted octanol–water partition coefficient (Wildman–Crippen LogP) is 1.23. The molecule has 0 atom stereocenters. The second-order valence-electron chi connectivity index (χ2n) is 5.46. The van der Waals surface area contributed by atoms with Gasteiger partial charge in [0.1, 0.15) is 17.2 Å². The second kappa shape index (κ2) is 5.80. The zero-order chi connectivity index (χ0) is 15.7. The second-order valence-corrected chi connectivity index (χ2v) is 5.46. The Morgan fingerprint density at radius 3 is 2.77 bits per heavy atom. The fourth-order valence-corrected chi connectivity index (χ4v) is 3.12. The molecule has 1 aliphatic rings. The monoisotopic (exact) mass is 305 g/mol. The highest BCUT2D eigenvalue weighted by Crippen LogP contribution is 2.36. The van der Waals surface area contributed by atoms with Gasteiger partial charge in [0.15, 0.2) is 0 Å². The number of anilines is 2. The lowest BCUT2D eigenvalue weighted by Gasteiger charge is -2.15. The fourth-order valence-electron chi connectivity index (χ4n) is 3.12. The molecule has 118 valence electrons. The van der Waals surface area contributed by atoms with Crippen LogP contribution in [0.5, 0.6) is 0 Å². The summed E-state index contributed by atoms with van der Waals surface area (Å²) < 4.78 is 1.77. The van der Waals surface area contributed by atoms with E-state index in [0.717, 1.165) is 25.7 Å². The Balaban J connectivity index is 2.20. The number of nitrogen functional groups attached to an aromatic ring is 1. The number of carbonyl (C=O) groups is 1. The summed E-state index contributed by atoms with van der Waals surface area (Å²) in [7, 11) is 0. The van der Waals surface area contributed by atoms with Crippen LogP contribution in [0.3, 0.4) is 0 Å². The number of carboxylic acids is 1. The minimum absolute atomic E-state index is 0.0550. The van der Waals surface area contributed by atoms with Crippen LogP contribution in [0.4, 0.5) is 11.8 Å². The van der Waals surface area contributed by atoms with Crippen molar-refractivity contribution in [3.05, 3.63) is 11.8 Å². The van der Waals surface area contributed by atoms with Gasteiger partial charge in [0.2, 0.25) is 5.95 Å². The minimum Gasteiger partial charge on any atom is -0.477 e. The van der Waals surface area contributed by atoms with Crippen LogP contribution in [-0.4, -0.2) is 43.9 Å². The van der Waals surface area contributed by atoms with Crippen molar-refractivity contribution in [2.45, 2.75) is 31.7 Å². The van der Waals surface area contributed by atoms with E-state index in [1.807, 2.05) is 0 Å². The Hall–Kier alpha value is -2.35. The van der Waals surface area contributed by atoms with E-state index in [9.17, 15) is 9.90 Å². The molecule has 8 heteroatoms. The van der Waals surface area contributed by atoms with Gasteiger partial charge in [0, 0.05) is 12.6 Å². The summed E-state index contributed by atoms with van der Waals surface area (Å²) in [6.45, 7) is 0.253. The number of hydrogen-bond donors (Lipinski definition) is 4. The van der Waals surface area contributed by atoms with Gasteiger partial charge in [-0.25, -0.2) is 4.79 Å². The third-order valence-electron chi connectivity index (χ3n) is 4.02. The van der Waals surface area contributed by atoms with Crippen LogP contribution in [0.1, 0.15) is 42.2 Å². The molecule has 1 fully saturated rings. The van der Waals surface area contributed by atoms with Crippen molar-refractivity contribution in [3.8, 4) is 0 Å². The summed E-state index contributed by atoms with van der Waals surface area (Å²) in [4.78, 5) is 20.0. The van der Waals surface area contributed by atoms with E-state index in [1.165, 1.54) is 0 Å². The van der Waals surface area contributed by atoms with E-state index in [4.69, 9.17) is 10.8 Å². The van der Waals surface area contributed by atoms with Crippen LogP contribution in [0.25, 0.3) is 11.0 Å². The average Bonchev–Trinajstić information content (AvgIpc) is 3.10. The first-order chi connectivity index (χ1) is 10.6. The number of nitrogens with zero attached hydrogens (tertiary/aromatic N) is 3. The summed E-state index contributed by atoms with van der Waals surface area (Å²) in [5, 5.41) is 22.0. The maximum Gasteiger partial charge on any atom is 0.352 e. The minimum atomic E-state index is -0.989. The topological polar surface area (TPSA) is 126 Å². The highest BCUT2D eigenvalue weighted by atomic mass is 16.4. The normalized spacial score (nSPS) is 15.5. The molecular weight excluding hydrogens is 286 g/mol. The van der Waals surface area contributed by atoms with Crippen LogP contribution in [-0.2, 0) is 0 Å². The highest BCUT2D eigenvalue weighted by Gasteiger charge is 2.26. The molecule has 2 aromatic rings. The molecular formula is C14H19N5O3. The first-order valence-corrected chi connectivity index (χ1v) is 7.38. The average molecular weight is 305 g/mol. The number of nitrogens with one attached hydrogen (secondary N) is 1. The van der Waals surface area contributed by atoms with Gasteiger partial charge in [-0.15, -0.1) is 0 Å². The van der Waals surface area contributed by atoms with Crippen molar-refractivity contribution in [2.75, 3.05) is 24.2 Å². The van der Waals surface area contributed by atoms with Gasteiger partial charge >= 0.3 is 5.97 Å². The number of aromatic carboxylic acids is 1. The van der Waals surface area contributed by atoms with E-state index in [-0.39, 0.29) is 24.3 Å². The van der Waals surface area contributed by atoms with E-state index in [0.29, 0.717) is 23.4 Å². The standard InChI is InChI=1S/C14H19N5O3/c15-14-17-11(16-5-6-20)9-7-10(13(21)22)19(12(9)18-14)8-3-1-2-4-8/h7-8,20H,1-6H2,(H,21,22)(H3,15,16,17,18). The van der Waals surface area contributed by atoms with Crippen molar-refractivity contribution in [1.29, 1.82) is 0 Å². The molecule has 0 amide bonds. The summed E-state index contributed by atoms with van der Waals surface area (Å²) in [6, 6.07) is 1.71. The number of hydrogen-bond acceptors (Lipinski definition) is 6. The summed E-state index contributed by atoms with van der Waals surface area (Å²) in [5.41, 5.74) is 6.51. The van der Waals surface area contributed by atoms with Crippen LogP contribution in [0.15, 0.2) is 6.07 Å². The molecule has 0 unspecified atom stereocenters. The molecule has 0 radical (unpaired) electrons. The Morgan fingerprint density at radius 1 is 1.41 bits per heavy atom. The van der Waals surface area contributed by atoms with Gasteiger partial charge in [0.05, 0.1) is 12.0 Å². The number of aliphatic hydroxyl groups is 1. The lowest BCUT2D eigenvalue weighted by molar-refractivity contribution is 0.0683. The molecule has 0 aliphatic heterocycles. The number of rotatable bonds is 5. The maximum absolute atomic E-state index is 11.6. The van der Waals surface area contributed by atoms with Gasteiger partial charge in [0.25, 0.3) is 0 Å². The number of fused-ring (bicyclic) bond motifs is 1. The molecule has 1 aliphatic carbocycles. The van der Waals surface area contributed by atoms with Gasteiger partial charge in [-0.1, -0.05) is 12.8 Å². The zero-order valence-electron chi connectivity index (χ0n) is 12.1. The molecule has 22 heavy (non-hydrogen) atoms. The Morgan fingerprint density at radius 2 is 2.14 bits per heavy atom. The van der Waals surface area contributed by atoms with Gasteiger partial charge in [-0.2, -0.15) is 9.97 Å². The summed E-state index contributed by atoms with van der Waals surface area (Å²) in [5.74, 6) is -0.449. The molecule has 5 N–H and O–H groups in total. The molecule has 2 aromatic heterocycles. The third-order valence-corrected chi connectivity index (χ3v) is 4.02. The highest BCUT2D eigenvalue weighted by molar-refractivity contribution is 5.98. The van der Waals surface area contributed by atoms with Crippen molar-refractivity contribution >= 4 is 28.8 Å². The number of nitrogens with two attached hydrogens (primary N) is 1. The van der Waals surface area contributed by atoms with E-state index >= 15 is 0 Å². The van der Waals surface area contributed by atoms with Crippen LogP contribution in [0.2, 0.25) is 0 Å². The van der Waals surface area contributed by atoms with Crippen LogP contribution >= 0.6 is 0 Å². The first-order valence-electron chi connectivity index (χ1n) is 7.38. The molecule has 0 spiro atoms. The lowest BCUT2D eigenvalue weighted by Crippen LogP contribution is -2.14. The van der Waals surface area contributed by atoms with E-state index < -0.39 is 5.97 Å². The predicted molar refractivity (Wildman–Crippen MR) is 82.0 cm³/mol. The smallest absolute Gasteiger partial charge is 0.352 e. The van der Waals surface area contributed by atoms with Gasteiger partial charge in [-0.05, 0) is 18.9 Å². The molecule has 3 rings (SSSR count). The molecule has 1 saturated carbocycles. The maximum atomic E-state index is 11.6. The SMILES string of the molecule is Nc1nc(NCCO)c2cc(C(=O)O)n(C3CCCC3)c2n1. The number of aliphatic hydroxyl groups excluding tert-OH is 1. The summed E-state index contributed by atoms with van der Waals surface area (Å²) in [6.07, 6.45) is 4.04. The van der Waals surface area contributed by atoms with Crippen molar-refractivity contribution in [1.82, 2.24) is 14.5 Å². The van der Waals surface area contributed by atoms with Crippen molar-refractivity contribution < 1.29 is 15.0 Å². The third kappa shape index (κ3) is 2.45. The van der Waals surface area contributed by atoms with Crippen molar-refractivity contribution in [2.24, 2.45) is 0 Å². The van der Waals surface area contributed by atoms with Crippen molar-refractivity contribution in [3.63, 3.8) is 0 Å². The zero-order valence-corrected chi connectivity index (χ0v) is 12.1. The summed E-state index contributed by atoms with van der Waals surface area (Å²) >= 11 is 0. The Labute approximate surface area is 127 Å². The van der Waals surface area contributed by atoms with E-state index in [1.54, 1.807) is 10.6 Å². The molecule has 2 heterocycles. The van der Waals surface area contributed by atoms with Crippen LogP contribution in [0, 0.1) is 0 Å². The Bertz CT molecular complexity index is 706. The lowest BCUT2D eigenvalue weighted by atomic mass is 10.2. The van der Waals surface area contributed by atoms with Gasteiger partial charge in [-0.3, -0.25) is 0 Å². The molecule has 0 saturated heterocycles.